The Morgan fingerprint density at radius 2 is 2.06 bits per heavy atom. The summed E-state index contributed by atoms with van der Waals surface area (Å²) in [6, 6.07) is 11.1. The normalized spacial score (nSPS) is 10.3. The molecule has 0 atom stereocenters. The number of aromatic amines is 1. The summed E-state index contributed by atoms with van der Waals surface area (Å²) < 4.78 is 5.67. The molecule has 0 bridgehead atoms. The molecule has 2 rings (SSSR count). The lowest BCUT2D eigenvalue weighted by atomic mass is 10.2. The molecule has 0 aliphatic rings. The minimum Gasteiger partial charge on any atom is -0.493 e. The van der Waals surface area contributed by atoms with E-state index in [1.165, 1.54) is 6.07 Å². The van der Waals surface area contributed by atoms with E-state index in [9.17, 15) is 4.79 Å². The van der Waals surface area contributed by atoms with Gasteiger partial charge in [-0.2, -0.15) is 0 Å². The van der Waals surface area contributed by atoms with Gasteiger partial charge < -0.3 is 15.5 Å². The lowest BCUT2D eigenvalue weighted by Gasteiger charge is -2.08. The standard InChI is InChI=1S/C14H16N2O2/c1-10-4-2-3-5-12(10)18-7-6-11-8-13(15)16-14(17)9-11/h2-5,8-9H,6-7H2,1H3,(H3,15,16,17). The van der Waals surface area contributed by atoms with Gasteiger partial charge in [0, 0.05) is 12.5 Å². The summed E-state index contributed by atoms with van der Waals surface area (Å²) in [5, 5.41) is 0. The zero-order chi connectivity index (χ0) is 13.0. The molecule has 0 unspecified atom stereocenters. The van der Waals surface area contributed by atoms with Gasteiger partial charge in [0.05, 0.1) is 6.61 Å². The maximum absolute atomic E-state index is 11.2. The number of H-pyrrole nitrogens is 1. The number of benzene rings is 1. The van der Waals surface area contributed by atoms with Gasteiger partial charge in [0.25, 0.3) is 0 Å². The second-order valence-electron chi connectivity index (χ2n) is 4.17. The van der Waals surface area contributed by atoms with Gasteiger partial charge >= 0.3 is 0 Å². The molecule has 1 heterocycles. The van der Waals surface area contributed by atoms with Crippen molar-refractivity contribution in [1.82, 2.24) is 4.98 Å². The highest BCUT2D eigenvalue weighted by Gasteiger charge is 2.00. The Balaban J connectivity index is 1.96. The van der Waals surface area contributed by atoms with E-state index < -0.39 is 0 Å². The summed E-state index contributed by atoms with van der Waals surface area (Å²) in [7, 11) is 0. The van der Waals surface area contributed by atoms with Crippen LogP contribution in [0, 0.1) is 6.92 Å². The van der Waals surface area contributed by atoms with Crippen LogP contribution in [0.4, 0.5) is 5.82 Å². The first-order chi connectivity index (χ1) is 8.65. The van der Waals surface area contributed by atoms with Crippen molar-refractivity contribution in [3.63, 3.8) is 0 Å². The predicted molar refractivity (Wildman–Crippen MR) is 71.9 cm³/mol. The van der Waals surface area contributed by atoms with Crippen LogP contribution in [0.5, 0.6) is 5.75 Å². The van der Waals surface area contributed by atoms with Crippen molar-refractivity contribution in [3.8, 4) is 5.75 Å². The zero-order valence-corrected chi connectivity index (χ0v) is 10.3. The first-order valence-corrected chi connectivity index (χ1v) is 5.82. The molecule has 94 valence electrons. The van der Waals surface area contributed by atoms with Gasteiger partial charge in [0.1, 0.15) is 11.6 Å². The van der Waals surface area contributed by atoms with E-state index in [0.717, 1.165) is 16.9 Å². The fourth-order valence-electron chi connectivity index (χ4n) is 1.77. The highest BCUT2D eigenvalue weighted by molar-refractivity contribution is 5.33. The highest BCUT2D eigenvalue weighted by atomic mass is 16.5. The van der Waals surface area contributed by atoms with Gasteiger partial charge in [-0.15, -0.1) is 0 Å². The smallest absolute Gasteiger partial charge is 0.249 e. The van der Waals surface area contributed by atoms with Crippen molar-refractivity contribution in [2.45, 2.75) is 13.3 Å². The Bertz CT molecular complexity index is 590. The number of para-hydroxylation sites is 1. The van der Waals surface area contributed by atoms with Crippen LogP contribution in [0.1, 0.15) is 11.1 Å². The van der Waals surface area contributed by atoms with Crippen molar-refractivity contribution < 1.29 is 4.74 Å². The third kappa shape index (κ3) is 3.13. The number of pyridine rings is 1. The number of hydrogen-bond acceptors (Lipinski definition) is 3. The average Bonchev–Trinajstić information content (AvgIpc) is 2.30. The van der Waals surface area contributed by atoms with Crippen LogP contribution < -0.4 is 16.0 Å². The number of anilines is 1. The molecule has 0 spiro atoms. The Kier molecular flexibility index (Phi) is 3.67. The molecule has 18 heavy (non-hydrogen) atoms. The highest BCUT2D eigenvalue weighted by Crippen LogP contribution is 2.16. The second-order valence-corrected chi connectivity index (χ2v) is 4.17. The molecule has 0 radical (unpaired) electrons. The molecular formula is C14H16N2O2. The number of nitrogens with one attached hydrogen (secondary N) is 1. The van der Waals surface area contributed by atoms with E-state index in [1.807, 2.05) is 31.2 Å². The van der Waals surface area contributed by atoms with Crippen molar-refractivity contribution in [2.24, 2.45) is 0 Å². The largest absolute Gasteiger partial charge is 0.493 e. The van der Waals surface area contributed by atoms with Gasteiger partial charge in [0.15, 0.2) is 0 Å². The molecule has 0 amide bonds. The number of nitrogens with two attached hydrogens (primary N) is 1. The molecular weight excluding hydrogens is 228 g/mol. The fraction of sp³-hybridized carbons (Fsp3) is 0.214. The predicted octanol–water partition coefficient (Wildman–Crippen LogP) is 1.89. The Labute approximate surface area is 105 Å². The van der Waals surface area contributed by atoms with E-state index in [1.54, 1.807) is 6.07 Å². The van der Waals surface area contributed by atoms with Crippen LogP contribution >= 0.6 is 0 Å². The van der Waals surface area contributed by atoms with Gasteiger partial charge in [-0.25, -0.2) is 0 Å². The van der Waals surface area contributed by atoms with E-state index in [-0.39, 0.29) is 5.56 Å². The fourth-order valence-corrected chi connectivity index (χ4v) is 1.77. The summed E-state index contributed by atoms with van der Waals surface area (Å²) in [5.74, 6) is 1.25. The topological polar surface area (TPSA) is 68.1 Å². The molecule has 0 saturated heterocycles. The van der Waals surface area contributed by atoms with E-state index >= 15 is 0 Å². The van der Waals surface area contributed by atoms with Crippen LogP contribution in [-0.4, -0.2) is 11.6 Å². The molecule has 3 N–H and O–H groups in total. The molecule has 1 aromatic carbocycles. The van der Waals surface area contributed by atoms with Gasteiger partial charge in [-0.1, -0.05) is 18.2 Å². The summed E-state index contributed by atoms with van der Waals surface area (Å²) in [5.41, 5.74) is 7.37. The van der Waals surface area contributed by atoms with Crippen LogP contribution in [0.2, 0.25) is 0 Å². The van der Waals surface area contributed by atoms with Crippen LogP contribution in [0.3, 0.4) is 0 Å². The molecule has 2 aromatic rings. The molecule has 0 saturated carbocycles. The Hall–Kier alpha value is -2.23. The number of aromatic nitrogens is 1. The summed E-state index contributed by atoms with van der Waals surface area (Å²) in [6.07, 6.45) is 0.655. The van der Waals surface area contributed by atoms with Gasteiger partial charge in [0.2, 0.25) is 5.56 Å². The molecule has 0 aliphatic carbocycles. The quantitative estimate of drug-likeness (QED) is 0.863. The van der Waals surface area contributed by atoms with E-state index in [2.05, 4.69) is 4.98 Å². The monoisotopic (exact) mass is 244 g/mol. The van der Waals surface area contributed by atoms with Crippen molar-refractivity contribution in [1.29, 1.82) is 0 Å². The third-order valence-corrected chi connectivity index (χ3v) is 2.67. The zero-order valence-electron chi connectivity index (χ0n) is 10.3. The number of rotatable bonds is 4. The first-order valence-electron chi connectivity index (χ1n) is 5.82. The van der Waals surface area contributed by atoms with Crippen LogP contribution in [0.15, 0.2) is 41.2 Å². The minimum atomic E-state index is -0.180. The molecule has 4 heteroatoms. The molecule has 4 nitrogen and oxygen atoms in total. The number of aryl methyl sites for hydroxylation is 1. The van der Waals surface area contributed by atoms with Crippen molar-refractivity contribution in [3.05, 3.63) is 57.9 Å². The lowest BCUT2D eigenvalue weighted by molar-refractivity contribution is 0.320. The van der Waals surface area contributed by atoms with Crippen LogP contribution in [-0.2, 0) is 6.42 Å². The Morgan fingerprint density at radius 1 is 1.28 bits per heavy atom. The first kappa shape index (κ1) is 12.2. The number of ether oxygens (including phenoxy) is 1. The summed E-state index contributed by atoms with van der Waals surface area (Å²) in [4.78, 5) is 13.7. The SMILES string of the molecule is Cc1ccccc1OCCc1cc(N)[nH]c(=O)c1. The van der Waals surface area contributed by atoms with Crippen molar-refractivity contribution >= 4 is 5.82 Å². The Morgan fingerprint density at radius 3 is 2.78 bits per heavy atom. The molecule has 0 fully saturated rings. The third-order valence-electron chi connectivity index (χ3n) is 2.67. The van der Waals surface area contributed by atoms with E-state index in [0.29, 0.717) is 18.8 Å². The van der Waals surface area contributed by atoms with Gasteiger partial charge in [-0.05, 0) is 30.2 Å². The molecule has 1 aromatic heterocycles. The van der Waals surface area contributed by atoms with Crippen LogP contribution in [0.25, 0.3) is 0 Å². The average molecular weight is 244 g/mol. The molecule has 0 aliphatic heterocycles. The van der Waals surface area contributed by atoms with E-state index in [4.69, 9.17) is 10.5 Å². The second kappa shape index (κ2) is 5.40. The lowest BCUT2D eigenvalue weighted by Crippen LogP contribution is -2.11. The van der Waals surface area contributed by atoms with Gasteiger partial charge in [-0.3, -0.25) is 4.79 Å². The number of nitrogen functional groups attached to an aromatic ring is 1. The summed E-state index contributed by atoms with van der Waals surface area (Å²) >= 11 is 0. The number of hydrogen-bond donors (Lipinski definition) is 2. The minimum absolute atomic E-state index is 0.180. The van der Waals surface area contributed by atoms with Crippen molar-refractivity contribution in [2.75, 3.05) is 12.3 Å². The maximum atomic E-state index is 11.2. The maximum Gasteiger partial charge on any atom is 0.249 e. The summed E-state index contributed by atoms with van der Waals surface area (Å²) in [6.45, 7) is 2.52.